The zero-order chi connectivity index (χ0) is 13.4. The van der Waals surface area contributed by atoms with Gasteiger partial charge in [-0.2, -0.15) is 0 Å². The van der Waals surface area contributed by atoms with Gasteiger partial charge >= 0.3 is 0 Å². The van der Waals surface area contributed by atoms with E-state index in [0.29, 0.717) is 11.5 Å². The van der Waals surface area contributed by atoms with Crippen LogP contribution < -0.4 is 15.2 Å². The number of methoxy groups -OCH3 is 2. The van der Waals surface area contributed by atoms with Gasteiger partial charge in [0.15, 0.2) is 17.3 Å². The first-order valence-corrected chi connectivity index (χ1v) is 6.56. The van der Waals surface area contributed by atoms with Crippen molar-refractivity contribution in [1.82, 2.24) is 9.97 Å². The van der Waals surface area contributed by atoms with Crippen molar-refractivity contribution in [3.05, 3.63) is 23.6 Å². The Bertz CT molecular complexity index is 692. The molecule has 2 heterocycles. The molecular weight excluding hydrogens is 262 g/mol. The zero-order valence-corrected chi connectivity index (χ0v) is 11.4. The monoisotopic (exact) mass is 275 g/mol. The number of aromatic amines is 1. The van der Waals surface area contributed by atoms with E-state index >= 15 is 0 Å². The number of H-pyrrole nitrogens is 1. The standard InChI is InChI=1S/C13H13N3O2S/c1-17-10-5-8-9(6-11(10)18-2)16-13(15-8)12-7(14)3-4-19-12/h3-6H,14H2,1-2H3,(H,15,16). The van der Waals surface area contributed by atoms with E-state index in [2.05, 4.69) is 9.97 Å². The van der Waals surface area contributed by atoms with Crippen LogP contribution in [-0.2, 0) is 0 Å². The van der Waals surface area contributed by atoms with Crippen molar-refractivity contribution in [3.8, 4) is 22.2 Å². The van der Waals surface area contributed by atoms with E-state index in [-0.39, 0.29) is 0 Å². The molecule has 5 nitrogen and oxygen atoms in total. The Morgan fingerprint density at radius 3 is 2.58 bits per heavy atom. The zero-order valence-electron chi connectivity index (χ0n) is 10.6. The van der Waals surface area contributed by atoms with Crippen molar-refractivity contribution in [2.75, 3.05) is 20.0 Å². The molecule has 0 fully saturated rings. The number of imidazole rings is 1. The third-order valence-electron chi connectivity index (χ3n) is 2.90. The van der Waals surface area contributed by atoms with Gasteiger partial charge in [-0.05, 0) is 11.4 Å². The lowest BCUT2D eigenvalue weighted by molar-refractivity contribution is 0.356. The summed E-state index contributed by atoms with van der Waals surface area (Å²) in [5.74, 6) is 2.09. The van der Waals surface area contributed by atoms with Crippen molar-refractivity contribution in [2.24, 2.45) is 0 Å². The van der Waals surface area contributed by atoms with Crippen LogP contribution in [0.5, 0.6) is 11.5 Å². The van der Waals surface area contributed by atoms with Gasteiger partial charge in [0.1, 0.15) is 0 Å². The highest BCUT2D eigenvalue weighted by Crippen LogP contribution is 2.35. The third kappa shape index (κ3) is 1.90. The number of thiophene rings is 1. The number of hydrogen-bond acceptors (Lipinski definition) is 5. The van der Waals surface area contributed by atoms with Crippen molar-refractivity contribution in [2.45, 2.75) is 0 Å². The fraction of sp³-hybridized carbons (Fsp3) is 0.154. The van der Waals surface area contributed by atoms with Crippen LogP contribution in [0.4, 0.5) is 5.69 Å². The molecule has 3 rings (SSSR count). The van der Waals surface area contributed by atoms with Crippen LogP contribution in [0, 0.1) is 0 Å². The summed E-state index contributed by atoms with van der Waals surface area (Å²) < 4.78 is 10.5. The number of benzene rings is 1. The predicted molar refractivity (Wildman–Crippen MR) is 76.9 cm³/mol. The van der Waals surface area contributed by atoms with Crippen molar-refractivity contribution in [3.63, 3.8) is 0 Å². The fourth-order valence-electron chi connectivity index (χ4n) is 1.96. The van der Waals surface area contributed by atoms with Crippen LogP contribution in [0.25, 0.3) is 21.7 Å². The highest BCUT2D eigenvalue weighted by Gasteiger charge is 2.13. The Balaban J connectivity index is 2.18. The van der Waals surface area contributed by atoms with E-state index in [1.165, 1.54) is 0 Å². The Morgan fingerprint density at radius 2 is 1.95 bits per heavy atom. The highest BCUT2D eigenvalue weighted by molar-refractivity contribution is 7.14. The molecule has 0 amide bonds. The second-order valence-corrected chi connectivity index (χ2v) is 4.93. The van der Waals surface area contributed by atoms with Crippen molar-refractivity contribution < 1.29 is 9.47 Å². The molecule has 0 aliphatic rings. The second-order valence-electron chi connectivity index (χ2n) is 4.01. The molecule has 0 spiro atoms. The smallest absolute Gasteiger partial charge is 0.163 e. The van der Waals surface area contributed by atoms with Gasteiger partial charge < -0.3 is 20.2 Å². The maximum atomic E-state index is 5.91. The minimum Gasteiger partial charge on any atom is -0.493 e. The van der Waals surface area contributed by atoms with E-state index in [1.807, 2.05) is 23.6 Å². The molecule has 0 bridgehead atoms. The number of fused-ring (bicyclic) bond motifs is 1. The average molecular weight is 275 g/mol. The number of nitrogens with zero attached hydrogens (tertiary/aromatic N) is 1. The molecule has 19 heavy (non-hydrogen) atoms. The van der Waals surface area contributed by atoms with Gasteiger partial charge in [0, 0.05) is 12.1 Å². The van der Waals surface area contributed by atoms with Crippen LogP contribution in [0.2, 0.25) is 0 Å². The highest BCUT2D eigenvalue weighted by atomic mass is 32.1. The number of nitrogens with two attached hydrogens (primary N) is 1. The molecule has 3 N–H and O–H groups in total. The first kappa shape index (κ1) is 11.9. The van der Waals surface area contributed by atoms with E-state index in [4.69, 9.17) is 15.2 Å². The van der Waals surface area contributed by atoms with E-state index in [9.17, 15) is 0 Å². The van der Waals surface area contributed by atoms with Crippen LogP contribution in [-0.4, -0.2) is 24.2 Å². The number of hydrogen-bond donors (Lipinski definition) is 2. The van der Waals surface area contributed by atoms with Crippen LogP contribution in [0.15, 0.2) is 23.6 Å². The first-order valence-electron chi connectivity index (χ1n) is 5.68. The number of nitrogen functional groups attached to an aromatic ring is 1. The summed E-state index contributed by atoms with van der Waals surface area (Å²) in [5.41, 5.74) is 8.34. The molecule has 3 aromatic rings. The number of anilines is 1. The van der Waals surface area contributed by atoms with Gasteiger partial charge in [0.25, 0.3) is 0 Å². The van der Waals surface area contributed by atoms with Gasteiger partial charge in [0.2, 0.25) is 0 Å². The van der Waals surface area contributed by atoms with Crippen LogP contribution >= 0.6 is 11.3 Å². The van der Waals surface area contributed by atoms with Gasteiger partial charge in [-0.3, -0.25) is 0 Å². The van der Waals surface area contributed by atoms with Crippen molar-refractivity contribution in [1.29, 1.82) is 0 Å². The molecule has 1 aromatic carbocycles. The van der Waals surface area contributed by atoms with Gasteiger partial charge in [-0.1, -0.05) is 0 Å². The molecule has 98 valence electrons. The fourth-order valence-corrected chi connectivity index (χ4v) is 2.72. The molecule has 2 aromatic heterocycles. The maximum Gasteiger partial charge on any atom is 0.163 e. The average Bonchev–Trinajstić information content (AvgIpc) is 3.01. The molecule has 0 saturated heterocycles. The second kappa shape index (κ2) is 4.47. The van der Waals surface area contributed by atoms with Crippen molar-refractivity contribution >= 4 is 28.1 Å². The maximum absolute atomic E-state index is 5.91. The summed E-state index contributed by atoms with van der Waals surface area (Å²) in [5, 5.41) is 1.94. The molecule has 0 aliphatic carbocycles. The molecule has 0 radical (unpaired) electrons. The molecular formula is C13H13N3O2S. The number of rotatable bonds is 3. The first-order chi connectivity index (χ1) is 9.22. The lowest BCUT2D eigenvalue weighted by Gasteiger charge is -2.06. The predicted octanol–water partition coefficient (Wildman–Crippen LogP) is 2.89. The number of nitrogens with one attached hydrogen (secondary N) is 1. The van der Waals surface area contributed by atoms with E-state index < -0.39 is 0 Å². The minimum absolute atomic E-state index is 0.659. The Labute approximate surface area is 114 Å². The third-order valence-corrected chi connectivity index (χ3v) is 3.83. The SMILES string of the molecule is COc1cc2nc(-c3sccc3N)[nH]c2cc1OC. The van der Waals surface area contributed by atoms with E-state index in [0.717, 1.165) is 27.4 Å². The largest absolute Gasteiger partial charge is 0.493 e. The summed E-state index contributed by atoms with van der Waals surface area (Å²) >= 11 is 1.56. The molecule has 0 atom stereocenters. The molecule has 0 saturated carbocycles. The van der Waals surface area contributed by atoms with Crippen LogP contribution in [0.3, 0.4) is 0 Å². The quantitative estimate of drug-likeness (QED) is 0.771. The minimum atomic E-state index is 0.659. The lowest BCUT2D eigenvalue weighted by Crippen LogP contribution is -1.89. The Morgan fingerprint density at radius 1 is 1.21 bits per heavy atom. The topological polar surface area (TPSA) is 73.2 Å². The summed E-state index contributed by atoms with van der Waals surface area (Å²) in [4.78, 5) is 8.73. The number of ether oxygens (including phenoxy) is 2. The molecule has 0 unspecified atom stereocenters. The Kier molecular flexibility index (Phi) is 2.79. The normalized spacial score (nSPS) is 10.8. The summed E-state index contributed by atoms with van der Waals surface area (Å²) in [7, 11) is 3.22. The van der Waals surface area contributed by atoms with Crippen LogP contribution in [0.1, 0.15) is 0 Å². The number of aromatic nitrogens is 2. The van der Waals surface area contributed by atoms with E-state index in [1.54, 1.807) is 25.6 Å². The van der Waals surface area contributed by atoms with Gasteiger partial charge in [-0.15, -0.1) is 11.3 Å². The van der Waals surface area contributed by atoms with Gasteiger partial charge in [-0.25, -0.2) is 4.98 Å². The summed E-state index contributed by atoms with van der Waals surface area (Å²) in [6.07, 6.45) is 0. The summed E-state index contributed by atoms with van der Waals surface area (Å²) in [6, 6.07) is 5.58. The Hall–Kier alpha value is -2.21. The molecule has 6 heteroatoms. The summed E-state index contributed by atoms with van der Waals surface area (Å²) in [6.45, 7) is 0. The lowest BCUT2D eigenvalue weighted by atomic mass is 10.3. The molecule has 0 aliphatic heterocycles. The van der Waals surface area contributed by atoms with Gasteiger partial charge in [0.05, 0.1) is 35.8 Å².